The van der Waals surface area contributed by atoms with Crippen LogP contribution in [0.2, 0.25) is 0 Å². The zero-order valence-corrected chi connectivity index (χ0v) is 17.1. The van der Waals surface area contributed by atoms with Crippen molar-refractivity contribution in [2.24, 2.45) is 0 Å². The summed E-state index contributed by atoms with van der Waals surface area (Å²) in [4.78, 5) is 36.7. The van der Waals surface area contributed by atoms with E-state index in [1.54, 1.807) is 31.5 Å². The van der Waals surface area contributed by atoms with Crippen LogP contribution in [0.15, 0.2) is 48.8 Å². The lowest BCUT2D eigenvalue weighted by Gasteiger charge is -2.29. The topological polar surface area (TPSA) is 84.4 Å². The largest absolute Gasteiger partial charge is 0.449 e. The van der Waals surface area contributed by atoms with Gasteiger partial charge >= 0.3 is 5.97 Å². The molecular weight excluding hydrogens is 380 g/mol. The van der Waals surface area contributed by atoms with Crippen LogP contribution in [-0.4, -0.2) is 45.9 Å². The number of nitrogens with zero attached hydrogens (tertiary/aromatic N) is 3. The average Bonchev–Trinajstić information content (AvgIpc) is 2.77. The number of carbonyl (C=O) groups excluding carboxylic acids is 2. The fourth-order valence-corrected chi connectivity index (χ4v) is 3.70. The first-order valence-electron chi connectivity index (χ1n) is 10.1. The van der Waals surface area contributed by atoms with Crippen LogP contribution in [-0.2, 0) is 22.5 Å². The molecule has 154 valence electrons. The van der Waals surface area contributed by atoms with Gasteiger partial charge in [0.25, 0.3) is 5.91 Å². The molecule has 7 nitrogen and oxygen atoms in total. The molecule has 0 aliphatic carbocycles. The van der Waals surface area contributed by atoms with E-state index < -0.39 is 18.0 Å². The molecule has 30 heavy (non-hydrogen) atoms. The first-order chi connectivity index (χ1) is 14.6. The summed E-state index contributed by atoms with van der Waals surface area (Å²) in [7, 11) is 0. The molecule has 0 spiro atoms. The fourth-order valence-electron chi connectivity index (χ4n) is 3.70. The second kappa shape index (κ2) is 8.59. The van der Waals surface area contributed by atoms with Gasteiger partial charge in [-0.2, -0.15) is 0 Å². The smallest absolute Gasteiger partial charge is 0.339 e. The van der Waals surface area contributed by atoms with Gasteiger partial charge < -0.3 is 10.1 Å². The van der Waals surface area contributed by atoms with Crippen molar-refractivity contribution in [3.8, 4) is 0 Å². The molecule has 1 unspecified atom stereocenters. The first kappa shape index (κ1) is 20.0. The lowest BCUT2D eigenvalue weighted by Crippen LogP contribution is -2.34. The lowest BCUT2D eigenvalue weighted by molar-refractivity contribution is -0.123. The monoisotopic (exact) mass is 404 g/mol. The maximum Gasteiger partial charge on any atom is 0.339 e. The van der Waals surface area contributed by atoms with Crippen molar-refractivity contribution in [1.82, 2.24) is 14.9 Å². The number of ether oxygens (including phenoxy) is 1. The van der Waals surface area contributed by atoms with Crippen LogP contribution in [0.4, 0.5) is 5.69 Å². The van der Waals surface area contributed by atoms with Crippen molar-refractivity contribution in [3.63, 3.8) is 0 Å². The van der Waals surface area contributed by atoms with Crippen LogP contribution in [0, 0.1) is 0 Å². The van der Waals surface area contributed by atoms with E-state index in [0.717, 1.165) is 41.7 Å². The number of aromatic nitrogens is 2. The average molecular weight is 404 g/mol. The van der Waals surface area contributed by atoms with Crippen molar-refractivity contribution >= 4 is 28.5 Å². The van der Waals surface area contributed by atoms with Gasteiger partial charge in [-0.3, -0.25) is 19.7 Å². The quantitative estimate of drug-likeness (QED) is 0.658. The normalized spacial score (nSPS) is 14.7. The summed E-state index contributed by atoms with van der Waals surface area (Å²) in [5, 5.41) is 3.46. The lowest BCUT2D eigenvalue weighted by atomic mass is 9.95. The Bertz CT molecular complexity index is 1080. The molecule has 0 radical (unpaired) electrons. The van der Waals surface area contributed by atoms with Gasteiger partial charge in [-0.1, -0.05) is 25.1 Å². The minimum atomic E-state index is -0.953. The predicted molar refractivity (Wildman–Crippen MR) is 114 cm³/mol. The minimum Gasteiger partial charge on any atom is -0.449 e. The summed E-state index contributed by atoms with van der Waals surface area (Å²) in [5.74, 6) is -0.907. The molecule has 0 fully saturated rings. The van der Waals surface area contributed by atoms with Crippen LogP contribution in [0.25, 0.3) is 10.9 Å². The van der Waals surface area contributed by atoms with Crippen LogP contribution >= 0.6 is 0 Å². The van der Waals surface area contributed by atoms with E-state index >= 15 is 0 Å². The Hall–Kier alpha value is -3.32. The molecule has 0 saturated heterocycles. The number of likely N-dealkylation sites (N-methyl/N-ethyl adjacent to an activating group) is 1. The van der Waals surface area contributed by atoms with Gasteiger partial charge in [-0.25, -0.2) is 4.79 Å². The summed E-state index contributed by atoms with van der Waals surface area (Å²) in [6.45, 7) is 6.11. The van der Waals surface area contributed by atoms with Crippen LogP contribution < -0.4 is 5.32 Å². The Morgan fingerprint density at radius 1 is 1.23 bits per heavy atom. The van der Waals surface area contributed by atoms with Crippen molar-refractivity contribution in [3.05, 3.63) is 65.6 Å². The van der Waals surface area contributed by atoms with Gasteiger partial charge in [0.2, 0.25) is 0 Å². The zero-order chi connectivity index (χ0) is 21.1. The Morgan fingerprint density at radius 3 is 2.83 bits per heavy atom. The third-order valence-electron chi connectivity index (χ3n) is 5.36. The molecule has 1 aliphatic rings. The Balaban J connectivity index is 1.63. The van der Waals surface area contributed by atoms with Crippen molar-refractivity contribution in [1.29, 1.82) is 0 Å². The van der Waals surface area contributed by atoms with Gasteiger partial charge in [0, 0.05) is 42.4 Å². The maximum absolute atomic E-state index is 13.2. The number of para-hydroxylation sites is 1. The molecule has 0 saturated carbocycles. The van der Waals surface area contributed by atoms with E-state index in [2.05, 4.69) is 22.1 Å². The van der Waals surface area contributed by atoms with E-state index in [1.807, 2.05) is 24.3 Å². The maximum atomic E-state index is 13.2. The van der Waals surface area contributed by atoms with Gasteiger partial charge in [0.15, 0.2) is 6.10 Å². The molecule has 7 heteroatoms. The van der Waals surface area contributed by atoms with Crippen LogP contribution in [0.5, 0.6) is 0 Å². The summed E-state index contributed by atoms with van der Waals surface area (Å²) in [5.41, 5.74) is 3.65. The van der Waals surface area contributed by atoms with Gasteiger partial charge in [0.05, 0.1) is 23.0 Å². The number of hydrogen-bond acceptors (Lipinski definition) is 6. The van der Waals surface area contributed by atoms with E-state index in [-0.39, 0.29) is 0 Å². The second-order valence-electron chi connectivity index (χ2n) is 7.33. The van der Waals surface area contributed by atoms with Crippen molar-refractivity contribution < 1.29 is 14.3 Å². The fraction of sp³-hybridized carbons (Fsp3) is 0.304. The van der Waals surface area contributed by atoms with E-state index in [0.29, 0.717) is 17.8 Å². The van der Waals surface area contributed by atoms with Gasteiger partial charge in [-0.15, -0.1) is 0 Å². The summed E-state index contributed by atoms with van der Waals surface area (Å²) < 4.78 is 5.60. The second-order valence-corrected chi connectivity index (χ2v) is 7.33. The van der Waals surface area contributed by atoms with Crippen molar-refractivity contribution in [2.75, 3.05) is 18.4 Å². The minimum absolute atomic E-state index is 0.404. The predicted octanol–water partition coefficient (Wildman–Crippen LogP) is 3.19. The highest BCUT2D eigenvalue weighted by Gasteiger charge is 2.28. The number of amides is 1. The molecule has 1 aromatic carbocycles. The Morgan fingerprint density at radius 2 is 2.07 bits per heavy atom. The molecule has 4 rings (SSSR count). The number of pyridine rings is 2. The molecule has 3 heterocycles. The molecule has 0 bridgehead atoms. The molecule has 3 aromatic rings. The molecule has 2 aromatic heterocycles. The third kappa shape index (κ3) is 4.02. The summed E-state index contributed by atoms with van der Waals surface area (Å²) in [6, 6.07) is 11.0. The molecule has 1 aliphatic heterocycles. The SMILES string of the molecule is CCN1CCc2nc3ccccc3c(C(=O)OC(C)C(=O)Nc3cccnc3)c2C1. The number of nitrogens with one attached hydrogen (secondary N) is 1. The molecule has 1 atom stereocenters. The number of esters is 1. The summed E-state index contributed by atoms with van der Waals surface area (Å²) in [6.07, 6.45) is 2.99. The molecular formula is C23H24N4O3. The van der Waals surface area contributed by atoms with Gasteiger partial charge in [-0.05, 0) is 31.7 Å². The number of carbonyl (C=O) groups is 2. The Kier molecular flexibility index (Phi) is 5.72. The summed E-state index contributed by atoms with van der Waals surface area (Å²) >= 11 is 0. The van der Waals surface area contributed by atoms with Gasteiger partial charge in [0.1, 0.15) is 0 Å². The standard InChI is InChI=1S/C23H24N4O3/c1-3-27-12-10-20-18(14-27)21(17-8-4-5-9-19(17)26-20)23(29)30-15(2)22(28)25-16-7-6-11-24-13-16/h4-9,11,13,15H,3,10,12,14H2,1-2H3,(H,25,28). The van der Waals surface area contributed by atoms with Crippen molar-refractivity contribution in [2.45, 2.75) is 32.9 Å². The van der Waals surface area contributed by atoms with E-state index in [1.165, 1.54) is 0 Å². The number of rotatable bonds is 5. The highest BCUT2D eigenvalue weighted by molar-refractivity contribution is 6.06. The number of fused-ring (bicyclic) bond motifs is 2. The number of benzene rings is 1. The molecule has 1 amide bonds. The first-order valence-corrected chi connectivity index (χ1v) is 10.1. The zero-order valence-electron chi connectivity index (χ0n) is 17.1. The third-order valence-corrected chi connectivity index (χ3v) is 5.36. The Labute approximate surface area is 175 Å². The highest BCUT2D eigenvalue weighted by Crippen LogP contribution is 2.29. The number of anilines is 1. The van der Waals surface area contributed by atoms with Crippen LogP contribution in [0.1, 0.15) is 35.5 Å². The number of hydrogen-bond donors (Lipinski definition) is 1. The van der Waals surface area contributed by atoms with Crippen LogP contribution in [0.3, 0.4) is 0 Å². The van der Waals surface area contributed by atoms with E-state index in [4.69, 9.17) is 9.72 Å². The highest BCUT2D eigenvalue weighted by atomic mass is 16.5. The molecule has 1 N–H and O–H groups in total. The van der Waals surface area contributed by atoms with E-state index in [9.17, 15) is 9.59 Å².